The van der Waals surface area contributed by atoms with Crippen LogP contribution in [0.1, 0.15) is 23.4 Å². The summed E-state index contributed by atoms with van der Waals surface area (Å²) in [7, 11) is 3.64. The molecule has 0 aliphatic carbocycles. The maximum Gasteiger partial charge on any atom is 0.223 e. The third kappa shape index (κ3) is 3.69. The number of nitrogens with zero attached hydrogens (tertiary/aromatic N) is 4. The third-order valence-corrected chi connectivity index (χ3v) is 5.31. The van der Waals surface area contributed by atoms with Gasteiger partial charge in [0.15, 0.2) is 0 Å². The molecular formula is C20H28N4O2. The van der Waals surface area contributed by atoms with Gasteiger partial charge in [-0.15, -0.1) is 0 Å². The third-order valence-electron chi connectivity index (χ3n) is 5.31. The molecule has 2 aromatic rings. The van der Waals surface area contributed by atoms with Crippen LogP contribution in [0, 0.1) is 13.8 Å². The Bertz CT molecular complexity index is 776. The monoisotopic (exact) mass is 356 g/mol. The average molecular weight is 356 g/mol. The van der Waals surface area contributed by atoms with E-state index < -0.39 is 0 Å². The summed E-state index contributed by atoms with van der Waals surface area (Å²) in [5, 5.41) is 4.43. The molecule has 140 valence electrons. The molecule has 0 spiro atoms. The Balaban J connectivity index is 1.55. The zero-order valence-corrected chi connectivity index (χ0v) is 16.2. The first-order chi connectivity index (χ1) is 12.5. The highest BCUT2D eigenvalue weighted by Gasteiger charge is 2.23. The maximum absolute atomic E-state index is 12.6. The number of hydrogen-bond donors (Lipinski definition) is 0. The van der Waals surface area contributed by atoms with Gasteiger partial charge in [0, 0.05) is 45.3 Å². The van der Waals surface area contributed by atoms with Gasteiger partial charge in [0.05, 0.1) is 18.5 Å². The Morgan fingerprint density at radius 2 is 1.85 bits per heavy atom. The SMILES string of the molecule is COc1ccccc1N1CCN(C(=O)CCc2c(C)nn(C)c2C)CC1. The number of carbonyl (C=O) groups is 1. The van der Waals surface area contributed by atoms with Gasteiger partial charge in [-0.2, -0.15) is 5.10 Å². The topological polar surface area (TPSA) is 50.6 Å². The van der Waals surface area contributed by atoms with Crippen molar-refractivity contribution in [3.63, 3.8) is 0 Å². The Hall–Kier alpha value is -2.50. The van der Waals surface area contributed by atoms with E-state index in [9.17, 15) is 4.79 Å². The van der Waals surface area contributed by atoms with E-state index in [1.807, 2.05) is 41.8 Å². The van der Waals surface area contributed by atoms with E-state index in [4.69, 9.17) is 4.74 Å². The number of piperazine rings is 1. The minimum Gasteiger partial charge on any atom is -0.495 e. The van der Waals surface area contributed by atoms with Gasteiger partial charge < -0.3 is 14.5 Å². The van der Waals surface area contributed by atoms with Crippen LogP contribution >= 0.6 is 0 Å². The fourth-order valence-electron chi connectivity index (χ4n) is 3.66. The fourth-order valence-corrected chi connectivity index (χ4v) is 3.66. The van der Waals surface area contributed by atoms with Gasteiger partial charge in [-0.3, -0.25) is 9.48 Å². The van der Waals surface area contributed by atoms with Gasteiger partial charge in [-0.05, 0) is 38.0 Å². The highest BCUT2D eigenvalue weighted by atomic mass is 16.5. The predicted octanol–water partition coefficient (Wildman–Crippen LogP) is 2.33. The van der Waals surface area contributed by atoms with E-state index >= 15 is 0 Å². The molecule has 1 aromatic heterocycles. The lowest BCUT2D eigenvalue weighted by Gasteiger charge is -2.36. The first-order valence-electron chi connectivity index (χ1n) is 9.16. The van der Waals surface area contributed by atoms with Crippen molar-refractivity contribution in [1.29, 1.82) is 0 Å². The summed E-state index contributed by atoms with van der Waals surface area (Å²) in [4.78, 5) is 16.9. The van der Waals surface area contributed by atoms with E-state index in [2.05, 4.69) is 23.0 Å². The number of benzene rings is 1. The van der Waals surface area contributed by atoms with Gasteiger partial charge in [0.2, 0.25) is 5.91 Å². The second-order valence-corrected chi connectivity index (χ2v) is 6.81. The average Bonchev–Trinajstić information content (AvgIpc) is 2.91. The van der Waals surface area contributed by atoms with Crippen LogP contribution in [-0.4, -0.2) is 53.9 Å². The molecule has 1 amide bonds. The molecule has 26 heavy (non-hydrogen) atoms. The van der Waals surface area contributed by atoms with E-state index in [0.29, 0.717) is 6.42 Å². The highest BCUT2D eigenvalue weighted by Crippen LogP contribution is 2.28. The Morgan fingerprint density at radius 1 is 1.15 bits per heavy atom. The van der Waals surface area contributed by atoms with Crippen molar-refractivity contribution in [3.8, 4) is 5.75 Å². The number of ether oxygens (including phenoxy) is 1. The Morgan fingerprint density at radius 3 is 2.46 bits per heavy atom. The quantitative estimate of drug-likeness (QED) is 0.825. The van der Waals surface area contributed by atoms with Crippen molar-refractivity contribution in [2.45, 2.75) is 26.7 Å². The molecule has 2 heterocycles. The summed E-state index contributed by atoms with van der Waals surface area (Å²) in [5.41, 5.74) is 4.48. The highest BCUT2D eigenvalue weighted by molar-refractivity contribution is 5.77. The lowest BCUT2D eigenvalue weighted by Crippen LogP contribution is -2.49. The van der Waals surface area contributed by atoms with Crippen LogP contribution in [0.5, 0.6) is 5.75 Å². The van der Waals surface area contributed by atoms with Crippen molar-refractivity contribution in [2.75, 3.05) is 38.2 Å². The van der Waals surface area contributed by atoms with Gasteiger partial charge in [0.25, 0.3) is 0 Å². The standard InChI is InChI=1S/C20H28N4O2/c1-15-17(16(2)22(3)21-15)9-10-20(25)24-13-11-23(12-14-24)18-7-5-6-8-19(18)26-4/h5-8H,9-14H2,1-4H3. The zero-order valence-electron chi connectivity index (χ0n) is 16.2. The minimum absolute atomic E-state index is 0.229. The molecule has 1 aliphatic heterocycles. The van der Waals surface area contributed by atoms with Crippen LogP contribution in [0.2, 0.25) is 0 Å². The van der Waals surface area contributed by atoms with Gasteiger partial charge in [-0.25, -0.2) is 0 Å². The molecule has 1 aliphatic rings. The molecule has 1 aromatic carbocycles. The molecule has 0 N–H and O–H groups in total. The largest absolute Gasteiger partial charge is 0.495 e. The lowest BCUT2D eigenvalue weighted by atomic mass is 10.1. The van der Waals surface area contributed by atoms with Crippen LogP contribution in [0.15, 0.2) is 24.3 Å². The van der Waals surface area contributed by atoms with Crippen LogP contribution < -0.4 is 9.64 Å². The van der Waals surface area contributed by atoms with Crippen LogP contribution in [0.3, 0.4) is 0 Å². The minimum atomic E-state index is 0.229. The number of anilines is 1. The lowest BCUT2D eigenvalue weighted by molar-refractivity contribution is -0.131. The zero-order chi connectivity index (χ0) is 18.7. The molecule has 6 nitrogen and oxygen atoms in total. The molecule has 6 heteroatoms. The summed E-state index contributed by atoms with van der Waals surface area (Å²) >= 11 is 0. The molecule has 0 bridgehead atoms. The number of aryl methyl sites for hydroxylation is 2. The molecule has 0 saturated carbocycles. The van der Waals surface area contributed by atoms with Crippen molar-refractivity contribution >= 4 is 11.6 Å². The normalized spacial score (nSPS) is 14.6. The van der Waals surface area contributed by atoms with Crippen LogP contribution in [0.25, 0.3) is 0 Å². The molecule has 1 fully saturated rings. The summed E-state index contributed by atoms with van der Waals surface area (Å²) in [5.74, 6) is 1.11. The summed E-state index contributed by atoms with van der Waals surface area (Å²) < 4.78 is 7.34. The Kier molecular flexibility index (Phi) is 5.49. The summed E-state index contributed by atoms with van der Waals surface area (Å²) in [6.07, 6.45) is 1.30. The number of methoxy groups -OCH3 is 1. The molecule has 1 saturated heterocycles. The van der Waals surface area contributed by atoms with E-state index in [-0.39, 0.29) is 5.91 Å². The number of aromatic nitrogens is 2. The molecule has 0 unspecified atom stereocenters. The van der Waals surface area contributed by atoms with Gasteiger partial charge in [-0.1, -0.05) is 12.1 Å². The summed E-state index contributed by atoms with van der Waals surface area (Å²) in [6, 6.07) is 8.05. The van der Waals surface area contributed by atoms with Crippen molar-refractivity contribution < 1.29 is 9.53 Å². The molecule has 3 rings (SSSR count). The first kappa shape index (κ1) is 18.3. The van der Waals surface area contributed by atoms with Crippen molar-refractivity contribution in [1.82, 2.24) is 14.7 Å². The summed E-state index contributed by atoms with van der Waals surface area (Å²) in [6.45, 7) is 7.24. The number of para-hydroxylation sites is 2. The fraction of sp³-hybridized carbons (Fsp3) is 0.500. The van der Waals surface area contributed by atoms with E-state index in [1.165, 1.54) is 5.56 Å². The van der Waals surface area contributed by atoms with Crippen LogP contribution in [-0.2, 0) is 18.3 Å². The van der Waals surface area contributed by atoms with E-state index in [1.54, 1.807) is 7.11 Å². The second kappa shape index (κ2) is 7.81. The predicted molar refractivity (Wildman–Crippen MR) is 103 cm³/mol. The number of amides is 1. The van der Waals surface area contributed by atoms with Crippen LogP contribution in [0.4, 0.5) is 5.69 Å². The molecular weight excluding hydrogens is 328 g/mol. The van der Waals surface area contributed by atoms with Gasteiger partial charge >= 0.3 is 0 Å². The number of rotatable bonds is 5. The van der Waals surface area contributed by atoms with Crippen molar-refractivity contribution in [2.24, 2.45) is 7.05 Å². The van der Waals surface area contributed by atoms with Crippen molar-refractivity contribution in [3.05, 3.63) is 41.2 Å². The number of carbonyl (C=O) groups excluding carboxylic acids is 1. The maximum atomic E-state index is 12.6. The van der Waals surface area contributed by atoms with Gasteiger partial charge in [0.1, 0.15) is 5.75 Å². The first-order valence-corrected chi connectivity index (χ1v) is 9.16. The van der Waals surface area contributed by atoms with E-state index in [0.717, 1.165) is 55.4 Å². The Labute approximate surface area is 155 Å². The smallest absolute Gasteiger partial charge is 0.223 e. The second-order valence-electron chi connectivity index (χ2n) is 6.81. The number of hydrogen-bond acceptors (Lipinski definition) is 4. The molecule has 0 radical (unpaired) electrons. The molecule has 0 atom stereocenters.